The van der Waals surface area contributed by atoms with Crippen molar-refractivity contribution in [3.05, 3.63) is 22.7 Å². The molecule has 0 fully saturated rings. The Morgan fingerprint density at radius 1 is 1.39 bits per heavy atom. The van der Waals surface area contributed by atoms with Crippen molar-refractivity contribution < 1.29 is 22.7 Å². The van der Waals surface area contributed by atoms with E-state index in [4.69, 9.17) is 10.5 Å². The van der Waals surface area contributed by atoms with Crippen molar-refractivity contribution in [1.82, 2.24) is 5.32 Å². The highest BCUT2D eigenvalue weighted by Gasteiger charge is 2.27. The summed E-state index contributed by atoms with van der Waals surface area (Å²) in [6.45, 7) is -1.89. The molecular weight excluding hydrogens is 317 g/mol. The monoisotopic (exact) mass is 326 g/mol. The van der Waals surface area contributed by atoms with E-state index in [0.717, 1.165) is 0 Å². The summed E-state index contributed by atoms with van der Waals surface area (Å²) in [6, 6.07) is 4.63. The summed E-state index contributed by atoms with van der Waals surface area (Å²) in [5, 5.41) is 1.69. The van der Waals surface area contributed by atoms with Crippen molar-refractivity contribution in [3.8, 4) is 5.75 Å². The van der Waals surface area contributed by atoms with Crippen molar-refractivity contribution in [1.29, 1.82) is 0 Å². The molecule has 0 saturated carbocycles. The number of hydrogen-bond acceptors (Lipinski definition) is 3. The lowest BCUT2D eigenvalue weighted by molar-refractivity contribution is -0.139. The Hall–Kier alpha value is -1.44. The molecule has 0 aliphatic carbocycles. The third-order valence-electron chi connectivity index (χ3n) is 1.75. The van der Waals surface area contributed by atoms with E-state index in [0.29, 0.717) is 15.9 Å². The van der Waals surface area contributed by atoms with Crippen LogP contribution < -0.4 is 15.8 Å². The lowest BCUT2D eigenvalue weighted by Crippen LogP contribution is -2.36. The number of halogens is 4. The van der Waals surface area contributed by atoms with Gasteiger partial charge in [-0.05, 0) is 12.1 Å². The number of hydrogen-bond donors (Lipinski definition) is 2. The summed E-state index contributed by atoms with van der Waals surface area (Å²) in [5.41, 5.74) is 5.93. The predicted octanol–water partition coefficient (Wildman–Crippen LogP) is 2.09. The van der Waals surface area contributed by atoms with Gasteiger partial charge in [0.05, 0.1) is 0 Å². The van der Waals surface area contributed by atoms with E-state index >= 15 is 0 Å². The summed E-state index contributed by atoms with van der Waals surface area (Å²) in [4.78, 5) is 11.1. The Morgan fingerprint density at radius 3 is 2.61 bits per heavy atom. The number of carbonyl (C=O) groups is 1. The summed E-state index contributed by atoms with van der Waals surface area (Å²) >= 11 is 3.17. The number of alkyl halides is 3. The number of nitrogens with one attached hydrogen (secondary N) is 1. The molecule has 1 aromatic rings. The van der Waals surface area contributed by atoms with Crippen molar-refractivity contribution >= 4 is 27.5 Å². The van der Waals surface area contributed by atoms with Crippen LogP contribution >= 0.6 is 15.9 Å². The average Bonchev–Trinajstić information content (AvgIpc) is 2.21. The molecule has 0 bridgehead atoms. The number of nitrogens with two attached hydrogens (primary N) is 1. The molecule has 0 aliphatic rings. The molecule has 0 radical (unpaired) electrons. The van der Waals surface area contributed by atoms with Crippen LogP contribution in [0.15, 0.2) is 22.7 Å². The van der Waals surface area contributed by atoms with Gasteiger partial charge in [-0.25, -0.2) is 0 Å². The van der Waals surface area contributed by atoms with Crippen molar-refractivity contribution in [3.63, 3.8) is 0 Å². The first-order valence-electron chi connectivity index (χ1n) is 4.78. The van der Waals surface area contributed by atoms with Crippen LogP contribution in [0.25, 0.3) is 0 Å². The zero-order valence-corrected chi connectivity index (χ0v) is 10.6. The third-order valence-corrected chi connectivity index (χ3v) is 2.21. The van der Waals surface area contributed by atoms with E-state index in [2.05, 4.69) is 15.9 Å². The van der Waals surface area contributed by atoms with Crippen LogP contribution in [-0.2, 0) is 4.79 Å². The number of rotatable bonds is 4. The average molecular weight is 327 g/mol. The topological polar surface area (TPSA) is 64.3 Å². The SMILES string of the molecule is Nc1cc(Br)cc(OCC(=O)NCC(F)(F)F)c1. The smallest absolute Gasteiger partial charge is 0.405 e. The van der Waals surface area contributed by atoms with Gasteiger partial charge in [-0.2, -0.15) is 13.2 Å². The zero-order valence-electron chi connectivity index (χ0n) is 9.05. The molecule has 0 aromatic heterocycles. The normalized spacial score (nSPS) is 11.1. The highest BCUT2D eigenvalue weighted by molar-refractivity contribution is 9.10. The second-order valence-electron chi connectivity index (χ2n) is 3.40. The number of amides is 1. The summed E-state index contributed by atoms with van der Waals surface area (Å²) in [7, 11) is 0. The molecular formula is C10H10BrF3N2O2. The van der Waals surface area contributed by atoms with Crippen LogP contribution in [0.3, 0.4) is 0 Å². The molecule has 0 atom stereocenters. The van der Waals surface area contributed by atoms with Crippen molar-refractivity contribution in [2.75, 3.05) is 18.9 Å². The standard InChI is InChI=1S/C10H10BrF3N2O2/c11-6-1-7(15)3-8(2-6)18-4-9(17)16-5-10(12,13)14/h1-3H,4-5,15H2,(H,16,17). The van der Waals surface area contributed by atoms with Crippen LogP contribution in [-0.4, -0.2) is 25.2 Å². The molecule has 0 heterocycles. The van der Waals surface area contributed by atoms with Gasteiger partial charge >= 0.3 is 6.18 Å². The number of ether oxygens (including phenoxy) is 1. The van der Waals surface area contributed by atoms with E-state index < -0.39 is 25.2 Å². The lowest BCUT2D eigenvalue weighted by atomic mass is 10.3. The molecule has 0 saturated heterocycles. The second-order valence-corrected chi connectivity index (χ2v) is 4.32. The van der Waals surface area contributed by atoms with Crippen molar-refractivity contribution in [2.24, 2.45) is 0 Å². The minimum atomic E-state index is -4.43. The van der Waals surface area contributed by atoms with Crippen LogP contribution in [0.4, 0.5) is 18.9 Å². The third kappa shape index (κ3) is 5.76. The van der Waals surface area contributed by atoms with Gasteiger partial charge in [0.2, 0.25) is 0 Å². The van der Waals surface area contributed by atoms with Crippen molar-refractivity contribution in [2.45, 2.75) is 6.18 Å². The van der Waals surface area contributed by atoms with Gasteiger partial charge in [0.1, 0.15) is 12.3 Å². The lowest BCUT2D eigenvalue weighted by Gasteiger charge is -2.10. The maximum atomic E-state index is 11.8. The Morgan fingerprint density at radius 2 is 2.06 bits per heavy atom. The molecule has 0 spiro atoms. The van der Waals surface area contributed by atoms with E-state index in [1.165, 1.54) is 6.07 Å². The molecule has 8 heteroatoms. The molecule has 3 N–H and O–H groups in total. The van der Waals surface area contributed by atoms with Crippen LogP contribution in [0.1, 0.15) is 0 Å². The van der Waals surface area contributed by atoms with E-state index in [1.54, 1.807) is 17.4 Å². The summed E-state index contributed by atoms with van der Waals surface area (Å²) < 4.78 is 41.1. The molecule has 18 heavy (non-hydrogen) atoms. The first-order chi connectivity index (χ1) is 8.26. The summed E-state index contributed by atoms with van der Waals surface area (Å²) in [5.74, 6) is -0.560. The minimum absolute atomic E-state index is 0.295. The summed E-state index contributed by atoms with van der Waals surface area (Å²) in [6.07, 6.45) is -4.43. The van der Waals surface area contributed by atoms with Gasteiger partial charge < -0.3 is 15.8 Å². The Labute approximate surface area is 109 Å². The second kappa shape index (κ2) is 5.94. The molecule has 1 amide bonds. The Balaban J connectivity index is 2.43. The largest absolute Gasteiger partial charge is 0.484 e. The predicted molar refractivity (Wildman–Crippen MR) is 63.1 cm³/mol. The first-order valence-corrected chi connectivity index (χ1v) is 5.58. The van der Waals surface area contributed by atoms with Crippen LogP contribution in [0.2, 0.25) is 0 Å². The van der Waals surface area contributed by atoms with E-state index in [1.807, 2.05) is 0 Å². The maximum Gasteiger partial charge on any atom is 0.405 e. The van der Waals surface area contributed by atoms with Gasteiger partial charge in [0.25, 0.3) is 5.91 Å². The first kappa shape index (κ1) is 14.6. The van der Waals surface area contributed by atoms with Crippen LogP contribution in [0.5, 0.6) is 5.75 Å². The van der Waals surface area contributed by atoms with Gasteiger partial charge in [0, 0.05) is 16.2 Å². The Kier molecular flexibility index (Phi) is 4.83. The Bertz CT molecular complexity index is 417. The van der Waals surface area contributed by atoms with Gasteiger partial charge in [-0.15, -0.1) is 0 Å². The number of carbonyl (C=O) groups excluding carboxylic acids is 1. The number of anilines is 1. The minimum Gasteiger partial charge on any atom is -0.484 e. The molecule has 100 valence electrons. The molecule has 4 nitrogen and oxygen atoms in total. The fraction of sp³-hybridized carbons (Fsp3) is 0.300. The van der Waals surface area contributed by atoms with Gasteiger partial charge in [-0.3, -0.25) is 4.79 Å². The quantitative estimate of drug-likeness (QED) is 0.833. The number of benzene rings is 1. The zero-order chi connectivity index (χ0) is 13.8. The maximum absolute atomic E-state index is 11.8. The highest BCUT2D eigenvalue weighted by Crippen LogP contribution is 2.22. The fourth-order valence-corrected chi connectivity index (χ4v) is 1.56. The molecule has 1 aromatic carbocycles. The molecule has 1 rings (SSSR count). The van der Waals surface area contributed by atoms with Gasteiger partial charge in [-0.1, -0.05) is 15.9 Å². The fourth-order valence-electron chi connectivity index (χ4n) is 1.07. The highest BCUT2D eigenvalue weighted by atomic mass is 79.9. The van der Waals surface area contributed by atoms with Gasteiger partial charge in [0.15, 0.2) is 6.61 Å². The van der Waals surface area contributed by atoms with E-state index in [-0.39, 0.29) is 0 Å². The van der Waals surface area contributed by atoms with E-state index in [9.17, 15) is 18.0 Å². The molecule has 0 unspecified atom stereocenters. The number of nitrogen functional groups attached to an aromatic ring is 1. The van der Waals surface area contributed by atoms with Crippen LogP contribution in [0, 0.1) is 0 Å². The molecule has 0 aliphatic heterocycles.